The highest BCUT2D eigenvalue weighted by Gasteiger charge is 2.28. The van der Waals surface area contributed by atoms with Crippen LogP contribution in [0.2, 0.25) is 0 Å². The molecule has 1 aliphatic carbocycles. The first kappa shape index (κ1) is 20.4. The van der Waals surface area contributed by atoms with Crippen LogP contribution in [0.1, 0.15) is 54.0 Å². The molecule has 1 aliphatic rings. The van der Waals surface area contributed by atoms with E-state index in [4.69, 9.17) is 0 Å². The van der Waals surface area contributed by atoms with E-state index >= 15 is 0 Å². The number of carbonyl (C=O) groups excluding carboxylic acids is 1. The Bertz CT molecular complexity index is 953. The first-order valence-electron chi connectivity index (χ1n) is 8.95. The Morgan fingerprint density at radius 2 is 2.07 bits per heavy atom. The van der Waals surface area contributed by atoms with E-state index in [1.54, 1.807) is 6.07 Å². The molecule has 6 nitrogen and oxygen atoms in total. The lowest BCUT2D eigenvalue weighted by Crippen LogP contribution is -2.26. The molecular weight excluding hydrogens is 450 g/mol. The van der Waals surface area contributed by atoms with Gasteiger partial charge in [-0.2, -0.15) is 0 Å². The standard InChI is InChI=1S/C18H22BrN3O3S2/c1-3-5-15-16(4-2)26-18(20-15)21-17(23)13-10-12(8-9-14(13)19)27(24,25)22-11-6-7-11/h8-11,22H,3-7H2,1-2H3,(H,20,21,23). The van der Waals surface area contributed by atoms with Crippen molar-refractivity contribution in [2.45, 2.75) is 56.9 Å². The Morgan fingerprint density at radius 3 is 2.70 bits per heavy atom. The van der Waals surface area contributed by atoms with Gasteiger partial charge < -0.3 is 0 Å². The number of thiazole rings is 1. The van der Waals surface area contributed by atoms with Gasteiger partial charge in [-0.1, -0.05) is 20.3 Å². The monoisotopic (exact) mass is 471 g/mol. The molecule has 0 saturated heterocycles. The van der Waals surface area contributed by atoms with Crippen LogP contribution in [0.5, 0.6) is 0 Å². The van der Waals surface area contributed by atoms with Gasteiger partial charge in [0.1, 0.15) is 0 Å². The van der Waals surface area contributed by atoms with E-state index in [1.807, 2.05) is 0 Å². The van der Waals surface area contributed by atoms with Crippen molar-refractivity contribution < 1.29 is 13.2 Å². The van der Waals surface area contributed by atoms with Crippen molar-refractivity contribution in [3.8, 4) is 0 Å². The average molecular weight is 472 g/mol. The smallest absolute Gasteiger partial charge is 0.258 e. The maximum atomic E-state index is 12.7. The topological polar surface area (TPSA) is 88.2 Å². The molecule has 0 radical (unpaired) electrons. The average Bonchev–Trinajstić information content (AvgIpc) is 3.33. The molecule has 0 aliphatic heterocycles. The molecule has 146 valence electrons. The summed E-state index contributed by atoms with van der Waals surface area (Å²) in [6, 6.07) is 4.48. The minimum absolute atomic E-state index is 0.00990. The molecule has 0 bridgehead atoms. The Kier molecular flexibility index (Phi) is 6.35. The Hall–Kier alpha value is -1.29. The third kappa shape index (κ3) is 4.96. The number of nitrogens with zero attached hydrogens (tertiary/aromatic N) is 1. The van der Waals surface area contributed by atoms with Crippen molar-refractivity contribution in [1.82, 2.24) is 9.71 Å². The van der Waals surface area contributed by atoms with E-state index < -0.39 is 10.0 Å². The number of hydrogen-bond acceptors (Lipinski definition) is 5. The van der Waals surface area contributed by atoms with Crippen LogP contribution in [0.25, 0.3) is 0 Å². The predicted octanol–water partition coefficient (Wildman–Crippen LogP) is 4.11. The summed E-state index contributed by atoms with van der Waals surface area (Å²) in [5, 5.41) is 3.35. The number of aromatic nitrogens is 1. The van der Waals surface area contributed by atoms with Gasteiger partial charge in [0, 0.05) is 15.4 Å². The maximum Gasteiger partial charge on any atom is 0.258 e. The van der Waals surface area contributed by atoms with E-state index in [-0.39, 0.29) is 22.4 Å². The number of anilines is 1. The summed E-state index contributed by atoms with van der Waals surface area (Å²) in [7, 11) is -3.62. The van der Waals surface area contributed by atoms with Crippen LogP contribution in [0.3, 0.4) is 0 Å². The summed E-state index contributed by atoms with van der Waals surface area (Å²) in [4.78, 5) is 18.5. The van der Waals surface area contributed by atoms with E-state index in [0.29, 0.717) is 9.60 Å². The molecule has 0 atom stereocenters. The summed E-state index contributed by atoms with van der Waals surface area (Å²) >= 11 is 4.81. The number of halogens is 1. The van der Waals surface area contributed by atoms with Crippen molar-refractivity contribution >= 4 is 48.3 Å². The van der Waals surface area contributed by atoms with Crippen LogP contribution < -0.4 is 10.0 Å². The largest absolute Gasteiger partial charge is 0.298 e. The summed E-state index contributed by atoms with van der Waals surface area (Å²) in [5.74, 6) is -0.384. The highest BCUT2D eigenvalue weighted by molar-refractivity contribution is 9.10. The summed E-state index contributed by atoms with van der Waals surface area (Å²) < 4.78 is 28.0. The molecule has 1 amide bonds. The quantitative estimate of drug-likeness (QED) is 0.605. The molecule has 0 unspecified atom stereocenters. The van der Waals surface area contributed by atoms with Gasteiger partial charge >= 0.3 is 0 Å². The SMILES string of the molecule is CCCc1nc(NC(=O)c2cc(S(=O)(=O)NC3CC3)ccc2Br)sc1CC. The lowest BCUT2D eigenvalue weighted by molar-refractivity contribution is 0.102. The molecule has 1 aromatic carbocycles. The van der Waals surface area contributed by atoms with Crippen LogP contribution in [0, 0.1) is 0 Å². The second kappa shape index (κ2) is 8.38. The number of rotatable bonds is 8. The van der Waals surface area contributed by atoms with E-state index in [0.717, 1.165) is 42.7 Å². The maximum absolute atomic E-state index is 12.7. The predicted molar refractivity (Wildman–Crippen MR) is 111 cm³/mol. The molecule has 2 N–H and O–H groups in total. The lowest BCUT2D eigenvalue weighted by Gasteiger charge is -2.09. The van der Waals surface area contributed by atoms with Crippen LogP contribution in [0.15, 0.2) is 27.6 Å². The van der Waals surface area contributed by atoms with Gasteiger partial charge in [0.2, 0.25) is 10.0 Å². The van der Waals surface area contributed by atoms with Gasteiger partial charge in [-0.15, -0.1) is 11.3 Å². The number of hydrogen-bond donors (Lipinski definition) is 2. The van der Waals surface area contributed by atoms with Crippen molar-refractivity contribution in [2.24, 2.45) is 0 Å². The zero-order valence-electron chi connectivity index (χ0n) is 15.2. The molecule has 27 heavy (non-hydrogen) atoms. The summed E-state index contributed by atoms with van der Waals surface area (Å²) in [6.07, 6.45) is 4.44. The van der Waals surface area contributed by atoms with Crippen molar-refractivity contribution in [1.29, 1.82) is 0 Å². The molecule has 0 spiro atoms. The minimum atomic E-state index is -3.62. The van der Waals surface area contributed by atoms with Gasteiger partial charge in [0.25, 0.3) is 5.91 Å². The molecular formula is C18H22BrN3O3S2. The fraction of sp³-hybridized carbons (Fsp3) is 0.444. The van der Waals surface area contributed by atoms with Crippen molar-refractivity contribution in [3.05, 3.63) is 38.8 Å². The highest BCUT2D eigenvalue weighted by atomic mass is 79.9. The van der Waals surface area contributed by atoms with Gasteiger partial charge in [-0.3, -0.25) is 10.1 Å². The molecule has 1 fully saturated rings. The molecule has 1 heterocycles. The zero-order valence-corrected chi connectivity index (χ0v) is 18.4. The third-order valence-electron chi connectivity index (χ3n) is 4.20. The number of carbonyl (C=O) groups is 1. The normalized spacial score (nSPS) is 14.3. The van der Waals surface area contributed by atoms with Crippen molar-refractivity contribution in [2.75, 3.05) is 5.32 Å². The first-order chi connectivity index (χ1) is 12.8. The van der Waals surface area contributed by atoms with Gasteiger partial charge in [-0.05, 0) is 59.8 Å². The Morgan fingerprint density at radius 1 is 1.33 bits per heavy atom. The van der Waals surface area contributed by atoms with Crippen molar-refractivity contribution in [3.63, 3.8) is 0 Å². The van der Waals surface area contributed by atoms with Crippen LogP contribution >= 0.6 is 27.3 Å². The number of amides is 1. The highest BCUT2D eigenvalue weighted by Crippen LogP contribution is 2.28. The van der Waals surface area contributed by atoms with Gasteiger partial charge in [0.05, 0.1) is 16.2 Å². The summed E-state index contributed by atoms with van der Waals surface area (Å²) in [5.41, 5.74) is 1.28. The van der Waals surface area contributed by atoms with E-state index in [1.165, 1.54) is 23.5 Å². The molecule has 9 heteroatoms. The van der Waals surface area contributed by atoms with Gasteiger partial charge in [0.15, 0.2) is 5.13 Å². The number of benzene rings is 1. The fourth-order valence-corrected chi connectivity index (χ4v) is 5.34. The summed E-state index contributed by atoms with van der Waals surface area (Å²) in [6.45, 7) is 4.16. The number of nitrogens with one attached hydrogen (secondary N) is 2. The molecule has 3 rings (SSSR count). The Labute approximate surface area is 172 Å². The third-order valence-corrected chi connectivity index (χ3v) is 7.57. The number of sulfonamides is 1. The lowest BCUT2D eigenvalue weighted by atomic mass is 10.2. The minimum Gasteiger partial charge on any atom is -0.298 e. The van der Waals surface area contributed by atoms with Crippen LogP contribution in [-0.2, 0) is 22.9 Å². The fourth-order valence-electron chi connectivity index (χ4n) is 2.64. The van der Waals surface area contributed by atoms with Gasteiger partial charge in [-0.25, -0.2) is 18.1 Å². The first-order valence-corrected chi connectivity index (χ1v) is 12.0. The Balaban J connectivity index is 1.83. The van der Waals surface area contributed by atoms with E-state index in [9.17, 15) is 13.2 Å². The van der Waals surface area contributed by atoms with Crippen LogP contribution in [0.4, 0.5) is 5.13 Å². The molecule has 2 aromatic rings. The van der Waals surface area contributed by atoms with Crippen LogP contribution in [-0.4, -0.2) is 25.4 Å². The second-order valence-electron chi connectivity index (χ2n) is 6.48. The second-order valence-corrected chi connectivity index (χ2v) is 10.1. The van der Waals surface area contributed by atoms with E-state index in [2.05, 4.69) is 44.8 Å². The zero-order chi connectivity index (χ0) is 19.6. The molecule has 1 aromatic heterocycles. The number of aryl methyl sites for hydroxylation is 2. The molecule has 1 saturated carbocycles.